The minimum Gasteiger partial charge on any atom is -0.481 e. The van der Waals surface area contributed by atoms with E-state index >= 15 is 0 Å². The summed E-state index contributed by atoms with van der Waals surface area (Å²) in [5.74, 6) is -0.300. The van der Waals surface area contributed by atoms with E-state index in [-0.39, 0.29) is 18.9 Å². The van der Waals surface area contributed by atoms with Gasteiger partial charge in [-0.2, -0.15) is 0 Å². The fourth-order valence-electron chi connectivity index (χ4n) is 2.26. The number of methoxy groups -OCH3 is 1. The fraction of sp³-hybridized carbons (Fsp3) is 0.188. The Morgan fingerprint density at radius 2 is 2.21 bits per heavy atom. The summed E-state index contributed by atoms with van der Waals surface area (Å²) < 4.78 is 11.5. The average molecular weight is 348 g/mol. The Hall–Kier alpha value is -2.80. The van der Waals surface area contributed by atoms with Gasteiger partial charge in [0, 0.05) is 30.1 Å². The molecule has 0 unspecified atom stereocenters. The van der Waals surface area contributed by atoms with E-state index in [1.807, 2.05) is 0 Å². The van der Waals surface area contributed by atoms with Crippen LogP contribution in [0.5, 0.6) is 5.88 Å². The molecule has 0 saturated heterocycles. The van der Waals surface area contributed by atoms with Crippen molar-refractivity contribution in [2.75, 3.05) is 12.4 Å². The monoisotopic (exact) mass is 347 g/mol. The molecule has 3 aromatic rings. The highest BCUT2D eigenvalue weighted by Crippen LogP contribution is 2.18. The van der Waals surface area contributed by atoms with Gasteiger partial charge in [-0.15, -0.1) is 0 Å². The van der Waals surface area contributed by atoms with E-state index < -0.39 is 5.76 Å². The summed E-state index contributed by atoms with van der Waals surface area (Å²) in [4.78, 5) is 27.9. The first-order valence-corrected chi connectivity index (χ1v) is 7.53. The van der Waals surface area contributed by atoms with Gasteiger partial charge in [-0.1, -0.05) is 11.6 Å². The number of ether oxygens (including phenoxy) is 1. The van der Waals surface area contributed by atoms with E-state index in [1.165, 1.54) is 17.9 Å². The minimum absolute atomic E-state index is 0.114. The number of aromatic nitrogens is 2. The number of carbonyl (C=O) groups is 1. The van der Waals surface area contributed by atoms with Crippen molar-refractivity contribution in [3.05, 3.63) is 52.1 Å². The lowest BCUT2D eigenvalue weighted by Gasteiger charge is -2.06. The van der Waals surface area contributed by atoms with Gasteiger partial charge in [0.25, 0.3) is 0 Å². The normalized spacial score (nSPS) is 10.8. The molecule has 2 aromatic heterocycles. The summed E-state index contributed by atoms with van der Waals surface area (Å²) >= 11 is 5.87. The number of benzene rings is 1. The second-order valence-corrected chi connectivity index (χ2v) is 5.46. The summed E-state index contributed by atoms with van der Waals surface area (Å²) in [6.07, 6.45) is 1.61. The zero-order valence-electron chi connectivity index (χ0n) is 12.8. The molecule has 8 heteroatoms. The van der Waals surface area contributed by atoms with Crippen LogP contribution >= 0.6 is 11.6 Å². The van der Waals surface area contributed by atoms with Gasteiger partial charge in [-0.25, -0.2) is 9.78 Å². The number of anilines is 1. The molecule has 0 aliphatic rings. The van der Waals surface area contributed by atoms with E-state index in [1.54, 1.807) is 30.3 Å². The van der Waals surface area contributed by atoms with Gasteiger partial charge in [-0.3, -0.25) is 9.36 Å². The number of halogens is 1. The van der Waals surface area contributed by atoms with E-state index in [9.17, 15) is 9.59 Å². The van der Waals surface area contributed by atoms with Gasteiger partial charge in [0.2, 0.25) is 11.8 Å². The highest BCUT2D eigenvalue weighted by atomic mass is 35.5. The smallest absolute Gasteiger partial charge is 0.419 e. The topological polar surface area (TPSA) is 86.4 Å². The molecule has 1 aromatic carbocycles. The Labute approximate surface area is 141 Å². The number of amides is 1. The zero-order valence-corrected chi connectivity index (χ0v) is 13.5. The first-order valence-electron chi connectivity index (χ1n) is 7.15. The Bertz CT molecular complexity index is 931. The summed E-state index contributed by atoms with van der Waals surface area (Å²) in [5.41, 5.74) is 1.55. The van der Waals surface area contributed by atoms with Crippen LogP contribution in [0.4, 0.5) is 5.69 Å². The Balaban J connectivity index is 1.68. The largest absolute Gasteiger partial charge is 0.481 e. The molecule has 0 aliphatic carbocycles. The molecule has 1 amide bonds. The molecule has 0 radical (unpaired) electrons. The lowest BCUT2D eigenvalue weighted by atomic mass is 10.3. The van der Waals surface area contributed by atoms with Crippen LogP contribution in [0.3, 0.4) is 0 Å². The molecule has 0 aliphatic heterocycles. The Kier molecular flexibility index (Phi) is 4.52. The quantitative estimate of drug-likeness (QED) is 0.766. The van der Waals surface area contributed by atoms with Crippen molar-refractivity contribution in [2.45, 2.75) is 13.0 Å². The van der Waals surface area contributed by atoms with Crippen LogP contribution in [0, 0.1) is 0 Å². The number of nitrogens with one attached hydrogen (secondary N) is 1. The van der Waals surface area contributed by atoms with Crippen molar-refractivity contribution in [2.24, 2.45) is 0 Å². The van der Waals surface area contributed by atoms with Gasteiger partial charge in [0.05, 0.1) is 24.5 Å². The predicted octanol–water partition coefficient (Wildman–Crippen LogP) is 2.68. The minimum atomic E-state index is -0.522. The molecule has 1 N–H and O–H groups in total. The maximum absolute atomic E-state index is 12.0. The van der Waals surface area contributed by atoms with Crippen molar-refractivity contribution in [3.8, 4) is 5.88 Å². The molecule has 124 valence electrons. The Morgan fingerprint density at radius 1 is 1.38 bits per heavy atom. The van der Waals surface area contributed by atoms with Crippen molar-refractivity contribution in [1.29, 1.82) is 0 Å². The van der Waals surface area contributed by atoms with Crippen LogP contribution in [0.25, 0.3) is 11.1 Å². The van der Waals surface area contributed by atoms with Crippen molar-refractivity contribution >= 4 is 34.3 Å². The van der Waals surface area contributed by atoms with E-state index in [2.05, 4.69) is 10.3 Å². The Morgan fingerprint density at radius 3 is 2.92 bits per heavy atom. The molecular formula is C16H14ClN3O4. The van der Waals surface area contributed by atoms with Gasteiger partial charge in [0.15, 0.2) is 5.58 Å². The van der Waals surface area contributed by atoms with Crippen LogP contribution in [-0.2, 0) is 11.3 Å². The van der Waals surface area contributed by atoms with Gasteiger partial charge >= 0.3 is 5.76 Å². The molecule has 0 spiro atoms. The van der Waals surface area contributed by atoms with Crippen LogP contribution in [-0.4, -0.2) is 22.6 Å². The molecule has 7 nitrogen and oxygen atoms in total. The fourth-order valence-corrected chi connectivity index (χ4v) is 2.43. The third-order valence-corrected chi connectivity index (χ3v) is 3.66. The molecule has 0 atom stereocenters. The summed E-state index contributed by atoms with van der Waals surface area (Å²) in [6.45, 7) is 0.197. The molecule has 0 bridgehead atoms. The number of hydrogen-bond donors (Lipinski definition) is 1. The molecule has 0 fully saturated rings. The average Bonchev–Trinajstić information content (AvgIpc) is 2.88. The van der Waals surface area contributed by atoms with Crippen LogP contribution in [0.2, 0.25) is 5.02 Å². The number of carbonyl (C=O) groups excluding carboxylic acids is 1. The van der Waals surface area contributed by atoms with Gasteiger partial charge < -0.3 is 14.5 Å². The third-order valence-electron chi connectivity index (χ3n) is 3.42. The number of fused-ring (bicyclic) bond motifs is 1. The summed E-state index contributed by atoms with van der Waals surface area (Å²) in [5, 5.41) is 3.19. The number of nitrogens with zero attached hydrogens (tertiary/aromatic N) is 2. The maximum Gasteiger partial charge on any atom is 0.419 e. The number of oxazole rings is 1. The predicted molar refractivity (Wildman–Crippen MR) is 89.5 cm³/mol. The number of rotatable bonds is 5. The van der Waals surface area contributed by atoms with Crippen molar-refractivity contribution < 1.29 is 13.9 Å². The standard InChI is InChI=1S/C16H14ClN3O4/c1-23-15-5-3-11(9-18-15)19-14(21)6-7-20-12-4-2-10(17)8-13(12)24-16(20)22/h2-5,8-9H,6-7H2,1H3,(H,19,21). The first kappa shape index (κ1) is 16.1. The SMILES string of the molecule is COc1ccc(NC(=O)CCn2c(=O)oc3cc(Cl)ccc32)cn1. The maximum atomic E-state index is 12.0. The van der Waals surface area contributed by atoms with E-state index in [4.69, 9.17) is 20.8 Å². The van der Waals surface area contributed by atoms with Gasteiger partial charge in [0.1, 0.15) is 0 Å². The molecule has 3 rings (SSSR count). The highest BCUT2D eigenvalue weighted by molar-refractivity contribution is 6.31. The number of hydrogen-bond acceptors (Lipinski definition) is 5. The van der Waals surface area contributed by atoms with Crippen LogP contribution < -0.4 is 15.8 Å². The number of aryl methyl sites for hydroxylation is 1. The third kappa shape index (κ3) is 3.41. The second kappa shape index (κ2) is 6.76. The molecule has 2 heterocycles. The van der Waals surface area contributed by atoms with E-state index in [0.29, 0.717) is 27.7 Å². The van der Waals surface area contributed by atoms with Crippen molar-refractivity contribution in [3.63, 3.8) is 0 Å². The van der Waals surface area contributed by atoms with Crippen LogP contribution in [0.1, 0.15) is 6.42 Å². The van der Waals surface area contributed by atoms with E-state index in [0.717, 1.165) is 0 Å². The lowest BCUT2D eigenvalue weighted by molar-refractivity contribution is -0.116. The molecular weight excluding hydrogens is 334 g/mol. The lowest BCUT2D eigenvalue weighted by Crippen LogP contribution is -2.19. The second-order valence-electron chi connectivity index (χ2n) is 5.02. The number of pyridine rings is 1. The van der Waals surface area contributed by atoms with Crippen molar-refractivity contribution in [1.82, 2.24) is 9.55 Å². The molecule has 24 heavy (non-hydrogen) atoms. The first-order chi connectivity index (χ1) is 11.6. The summed E-state index contributed by atoms with van der Waals surface area (Å²) in [7, 11) is 1.51. The molecule has 0 saturated carbocycles. The zero-order chi connectivity index (χ0) is 17.1. The van der Waals surface area contributed by atoms with Gasteiger partial charge in [-0.05, 0) is 18.2 Å². The highest BCUT2D eigenvalue weighted by Gasteiger charge is 2.11. The van der Waals surface area contributed by atoms with Crippen LogP contribution in [0.15, 0.2) is 45.7 Å². The summed E-state index contributed by atoms with van der Waals surface area (Å²) in [6, 6.07) is 8.25.